The first-order valence-corrected chi connectivity index (χ1v) is 7.72. The molecule has 1 aromatic carbocycles. The number of methoxy groups -OCH3 is 1. The molecule has 102 valence electrons. The normalized spacial score (nSPS) is 13.5. The standard InChI is InChI=1S/C12H18ClNO3S/c1-3-11(9-17-2)14-18(15,16)12-7-5-4-6-10(12)8-13/h4-7,11,14H,3,8-9H2,1-2H3. The van der Waals surface area contributed by atoms with Crippen molar-refractivity contribution in [2.75, 3.05) is 13.7 Å². The minimum absolute atomic E-state index is 0.165. The average molecular weight is 292 g/mol. The van der Waals surface area contributed by atoms with Crippen molar-refractivity contribution >= 4 is 21.6 Å². The van der Waals surface area contributed by atoms with Gasteiger partial charge in [-0.25, -0.2) is 13.1 Å². The van der Waals surface area contributed by atoms with Gasteiger partial charge >= 0.3 is 0 Å². The first-order valence-electron chi connectivity index (χ1n) is 5.70. The second-order valence-electron chi connectivity index (χ2n) is 3.92. The van der Waals surface area contributed by atoms with Gasteiger partial charge in [0.15, 0.2) is 0 Å². The fraction of sp³-hybridized carbons (Fsp3) is 0.500. The van der Waals surface area contributed by atoms with E-state index in [1.165, 1.54) is 0 Å². The molecule has 0 radical (unpaired) electrons. The minimum Gasteiger partial charge on any atom is -0.383 e. The van der Waals surface area contributed by atoms with Crippen LogP contribution < -0.4 is 4.72 Å². The maximum absolute atomic E-state index is 12.2. The van der Waals surface area contributed by atoms with Crippen LogP contribution in [0.2, 0.25) is 0 Å². The van der Waals surface area contributed by atoms with Crippen molar-refractivity contribution in [3.05, 3.63) is 29.8 Å². The van der Waals surface area contributed by atoms with E-state index in [2.05, 4.69) is 4.72 Å². The van der Waals surface area contributed by atoms with Crippen molar-refractivity contribution < 1.29 is 13.2 Å². The van der Waals surface area contributed by atoms with Crippen molar-refractivity contribution in [3.63, 3.8) is 0 Å². The van der Waals surface area contributed by atoms with Crippen LogP contribution in [-0.2, 0) is 20.6 Å². The summed E-state index contributed by atoms with van der Waals surface area (Å²) in [4.78, 5) is 0.231. The molecule has 0 spiro atoms. The Morgan fingerprint density at radius 2 is 2.06 bits per heavy atom. The van der Waals surface area contributed by atoms with E-state index in [1.54, 1.807) is 31.4 Å². The molecule has 0 aliphatic carbocycles. The van der Waals surface area contributed by atoms with Crippen molar-refractivity contribution in [1.82, 2.24) is 4.72 Å². The van der Waals surface area contributed by atoms with E-state index in [1.807, 2.05) is 6.92 Å². The van der Waals surface area contributed by atoms with Gasteiger partial charge in [0, 0.05) is 19.0 Å². The van der Waals surface area contributed by atoms with Crippen molar-refractivity contribution in [3.8, 4) is 0 Å². The van der Waals surface area contributed by atoms with Crippen LogP contribution in [0, 0.1) is 0 Å². The number of sulfonamides is 1. The maximum atomic E-state index is 12.2. The van der Waals surface area contributed by atoms with Gasteiger partial charge in [-0.1, -0.05) is 25.1 Å². The van der Waals surface area contributed by atoms with Gasteiger partial charge < -0.3 is 4.74 Å². The number of nitrogens with one attached hydrogen (secondary N) is 1. The molecule has 0 aromatic heterocycles. The van der Waals surface area contributed by atoms with Crippen LogP contribution >= 0.6 is 11.6 Å². The molecule has 6 heteroatoms. The number of ether oxygens (including phenoxy) is 1. The van der Waals surface area contributed by atoms with E-state index >= 15 is 0 Å². The van der Waals surface area contributed by atoms with Crippen LogP contribution in [0.25, 0.3) is 0 Å². The Labute approximate surface area is 113 Å². The number of hydrogen-bond donors (Lipinski definition) is 1. The lowest BCUT2D eigenvalue weighted by Gasteiger charge is -2.17. The summed E-state index contributed by atoms with van der Waals surface area (Å²) in [5, 5.41) is 0. The van der Waals surface area contributed by atoms with Crippen LogP contribution in [0.5, 0.6) is 0 Å². The number of alkyl halides is 1. The van der Waals surface area contributed by atoms with E-state index in [0.717, 1.165) is 0 Å². The molecule has 0 amide bonds. The molecule has 1 atom stereocenters. The van der Waals surface area contributed by atoms with E-state index < -0.39 is 10.0 Å². The lowest BCUT2D eigenvalue weighted by Crippen LogP contribution is -2.37. The smallest absolute Gasteiger partial charge is 0.241 e. The summed E-state index contributed by atoms with van der Waals surface area (Å²) < 4.78 is 32.1. The molecule has 1 rings (SSSR count). The monoisotopic (exact) mass is 291 g/mol. The fourth-order valence-corrected chi connectivity index (χ4v) is 3.45. The minimum atomic E-state index is -3.55. The Hall–Kier alpha value is -0.620. The molecular formula is C12H18ClNO3S. The molecule has 1 aromatic rings. The molecule has 0 heterocycles. The Kier molecular flexibility index (Phi) is 6.08. The van der Waals surface area contributed by atoms with Crippen LogP contribution in [0.3, 0.4) is 0 Å². The second kappa shape index (κ2) is 7.09. The molecule has 0 saturated carbocycles. The summed E-state index contributed by atoms with van der Waals surface area (Å²) in [5.41, 5.74) is 0.596. The van der Waals surface area contributed by atoms with Gasteiger partial charge in [0.05, 0.1) is 11.5 Å². The Morgan fingerprint density at radius 1 is 1.39 bits per heavy atom. The first kappa shape index (κ1) is 15.4. The molecule has 0 bridgehead atoms. The van der Waals surface area contributed by atoms with Gasteiger partial charge in [-0.05, 0) is 18.1 Å². The lowest BCUT2D eigenvalue weighted by molar-refractivity contribution is 0.173. The Morgan fingerprint density at radius 3 is 2.61 bits per heavy atom. The third-order valence-corrected chi connectivity index (χ3v) is 4.50. The summed E-state index contributed by atoms with van der Waals surface area (Å²) in [6.45, 7) is 2.25. The predicted molar refractivity (Wildman–Crippen MR) is 72.3 cm³/mol. The molecule has 4 nitrogen and oxygen atoms in total. The third kappa shape index (κ3) is 3.95. The highest BCUT2D eigenvalue weighted by molar-refractivity contribution is 7.89. The zero-order valence-electron chi connectivity index (χ0n) is 10.5. The fourth-order valence-electron chi connectivity index (χ4n) is 1.60. The molecule has 0 fully saturated rings. The largest absolute Gasteiger partial charge is 0.383 e. The zero-order valence-corrected chi connectivity index (χ0v) is 12.1. The van der Waals surface area contributed by atoms with Gasteiger partial charge in [0.2, 0.25) is 10.0 Å². The quantitative estimate of drug-likeness (QED) is 0.783. The van der Waals surface area contributed by atoms with Crippen LogP contribution in [0.15, 0.2) is 29.2 Å². The van der Waals surface area contributed by atoms with Crippen molar-refractivity contribution in [2.45, 2.75) is 30.2 Å². The Balaban J connectivity index is 2.98. The second-order valence-corrected chi connectivity index (χ2v) is 5.87. The lowest BCUT2D eigenvalue weighted by atomic mass is 10.2. The zero-order chi connectivity index (χ0) is 13.6. The highest BCUT2D eigenvalue weighted by Crippen LogP contribution is 2.17. The summed E-state index contributed by atoms with van der Waals surface area (Å²) in [6.07, 6.45) is 0.663. The molecule has 0 aliphatic heterocycles. The molecule has 18 heavy (non-hydrogen) atoms. The maximum Gasteiger partial charge on any atom is 0.241 e. The van der Waals surface area contributed by atoms with Crippen molar-refractivity contribution in [2.24, 2.45) is 0 Å². The van der Waals surface area contributed by atoms with Crippen molar-refractivity contribution in [1.29, 1.82) is 0 Å². The summed E-state index contributed by atoms with van der Waals surface area (Å²) in [5.74, 6) is 0.165. The summed E-state index contributed by atoms with van der Waals surface area (Å²) in [6, 6.07) is 6.48. The van der Waals surface area contributed by atoms with Crippen LogP contribution in [0.1, 0.15) is 18.9 Å². The molecule has 0 saturated heterocycles. The molecule has 0 aliphatic rings. The van der Waals surface area contributed by atoms with E-state index in [-0.39, 0.29) is 16.8 Å². The summed E-state index contributed by atoms with van der Waals surface area (Å²) >= 11 is 5.75. The number of hydrogen-bond acceptors (Lipinski definition) is 3. The van der Waals surface area contributed by atoms with Gasteiger partial charge in [0.1, 0.15) is 0 Å². The van der Waals surface area contributed by atoms with Crippen LogP contribution in [-0.4, -0.2) is 28.2 Å². The first-order chi connectivity index (χ1) is 8.55. The van der Waals surface area contributed by atoms with Gasteiger partial charge in [0.25, 0.3) is 0 Å². The predicted octanol–water partition coefficient (Wildman–Crippen LogP) is 2.13. The highest BCUT2D eigenvalue weighted by Gasteiger charge is 2.21. The van der Waals surface area contributed by atoms with Gasteiger partial charge in [-0.2, -0.15) is 0 Å². The number of rotatable bonds is 7. The van der Waals surface area contributed by atoms with Crippen LogP contribution in [0.4, 0.5) is 0 Å². The van der Waals surface area contributed by atoms with E-state index in [0.29, 0.717) is 18.6 Å². The van der Waals surface area contributed by atoms with Gasteiger partial charge in [-0.3, -0.25) is 0 Å². The SMILES string of the molecule is CCC(COC)NS(=O)(=O)c1ccccc1CCl. The molecule has 1 N–H and O–H groups in total. The Bertz CT molecular complexity index is 476. The summed E-state index contributed by atoms with van der Waals surface area (Å²) in [7, 11) is -2.01. The average Bonchev–Trinajstić information content (AvgIpc) is 2.38. The van der Waals surface area contributed by atoms with Gasteiger partial charge in [-0.15, -0.1) is 11.6 Å². The highest BCUT2D eigenvalue weighted by atomic mass is 35.5. The molecule has 1 unspecified atom stereocenters. The number of benzene rings is 1. The topological polar surface area (TPSA) is 55.4 Å². The van der Waals surface area contributed by atoms with E-state index in [9.17, 15) is 8.42 Å². The van der Waals surface area contributed by atoms with E-state index in [4.69, 9.17) is 16.3 Å². The molecular weight excluding hydrogens is 274 g/mol. The number of halogens is 1. The third-order valence-electron chi connectivity index (χ3n) is 2.59.